The molecule has 0 unspecified atom stereocenters. The fourth-order valence-electron chi connectivity index (χ4n) is 4.69. The molecule has 0 amide bonds. The van der Waals surface area contributed by atoms with E-state index in [1.165, 1.54) is 44.0 Å². The molecule has 2 aromatic heterocycles. The van der Waals surface area contributed by atoms with Gasteiger partial charge in [-0.1, -0.05) is 26.7 Å². The molecule has 1 aliphatic carbocycles. The number of hydrogen-bond acceptors (Lipinski definition) is 5. The second-order valence-corrected chi connectivity index (χ2v) is 8.84. The molecule has 0 aliphatic heterocycles. The number of aromatic nitrogens is 4. The van der Waals surface area contributed by atoms with Crippen LogP contribution in [0.5, 0.6) is 11.6 Å². The molecule has 0 saturated heterocycles. The Morgan fingerprint density at radius 2 is 2.10 bits per heavy atom. The minimum atomic E-state index is -0.468. The lowest BCUT2D eigenvalue weighted by Crippen LogP contribution is -2.25. The average molecular weight is 425 g/mol. The van der Waals surface area contributed by atoms with Crippen LogP contribution in [0.25, 0.3) is 22.4 Å². The van der Waals surface area contributed by atoms with Gasteiger partial charge in [-0.15, -0.1) is 10.2 Å². The van der Waals surface area contributed by atoms with Gasteiger partial charge in [0, 0.05) is 29.0 Å². The lowest BCUT2D eigenvalue weighted by atomic mass is 9.78. The van der Waals surface area contributed by atoms with Crippen molar-refractivity contribution in [3.63, 3.8) is 0 Å². The summed E-state index contributed by atoms with van der Waals surface area (Å²) in [6.45, 7) is 4.59. The van der Waals surface area contributed by atoms with Crippen molar-refractivity contribution in [1.82, 2.24) is 20.4 Å². The van der Waals surface area contributed by atoms with Crippen molar-refractivity contribution < 1.29 is 14.2 Å². The zero-order chi connectivity index (χ0) is 21.8. The molecule has 1 aliphatic rings. The Kier molecular flexibility index (Phi) is 6.20. The van der Waals surface area contributed by atoms with Gasteiger partial charge in [0.15, 0.2) is 0 Å². The molecule has 6 nitrogen and oxygen atoms in total. The van der Waals surface area contributed by atoms with E-state index < -0.39 is 5.82 Å². The van der Waals surface area contributed by atoms with Crippen molar-refractivity contribution in [2.75, 3.05) is 0 Å². The number of nitrogens with zero attached hydrogens (tertiary/aromatic N) is 3. The van der Waals surface area contributed by atoms with Crippen LogP contribution in [0.1, 0.15) is 58.8 Å². The third kappa shape index (κ3) is 4.86. The lowest BCUT2D eigenvalue weighted by Gasteiger charge is -2.30. The Bertz CT molecular complexity index is 1010. The highest BCUT2D eigenvalue weighted by Crippen LogP contribution is 2.40. The first kappa shape index (κ1) is 21.3. The number of hydrogen-bond donors (Lipinski definition) is 2. The number of phenols is 1. The topological polar surface area (TPSA) is 83.9 Å². The summed E-state index contributed by atoms with van der Waals surface area (Å²) < 4.78 is 20.8. The molecule has 1 aromatic carbocycles. The Hall–Kier alpha value is -2.96. The van der Waals surface area contributed by atoms with Crippen molar-refractivity contribution in [3.05, 3.63) is 42.5 Å². The molecule has 2 heterocycles. The molecule has 7 heteroatoms. The Morgan fingerprint density at radius 1 is 1.23 bits per heavy atom. The molecule has 0 bridgehead atoms. The standard InChI is InChI=1S/C24H29FN4O2/c1-3-9-24(2)10-5-4-6-17(13-24)31-23-8-7-21(28-29-23)19-11-20(25)18(12-22(19)30)16-14-26-27-15-16/h7-8,11-12,14-15,17,30H,3-6,9-10,13H2,1-2H3,(H,26,27)/t17-,24+/m0/s1. The van der Waals surface area contributed by atoms with Crippen LogP contribution in [0.2, 0.25) is 0 Å². The number of ether oxygens (including phenoxy) is 1. The second kappa shape index (κ2) is 9.04. The molecule has 0 radical (unpaired) electrons. The van der Waals surface area contributed by atoms with E-state index in [0.717, 1.165) is 19.3 Å². The van der Waals surface area contributed by atoms with Gasteiger partial charge < -0.3 is 9.84 Å². The predicted molar refractivity (Wildman–Crippen MR) is 117 cm³/mol. The van der Waals surface area contributed by atoms with Gasteiger partial charge in [0.1, 0.15) is 17.7 Å². The largest absolute Gasteiger partial charge is 0.507 e. The van der Waals surface area contributed by atoms with E-state index in [9.17, 15) is 9.50 Å². The quantitative estimate of drug-likeness (QED) is 0.482. The number of phenolic OH excluding ortho intramolecular Hbond substituents is 1. The van der Waals surface area contributed by atoms with Crippen LogP contribution in [0, 0.1) is 11.2 Å². The number of nitrogens with one attached hydrogen (secondary N) is 1. The van der Waals surface area contributed by atoms with Crippen molar-refractivity contribution in [2.24, 2.45) is 5.41 Å². The van der Waals surface area contributed by atoms with Crippen molar-refractivity contribution >= 4 is 0 Å². The molecule has 2 N–H and O–H groups in total. The average Bonchev–Trinajstić information content (AvgIpc) is 3.21. The molecule has 3 aromatic rings. The number of aromatic hydroxyl groups is 1. The minimum absolute atomic E-state index is 0.0698. The summed E-state index contributed by atoms with van der Waals surface area (Å²) in [5.41, 5.74) is 1.82. The monoisotopic (exact) mass is 424 g/mol. The summed E-state index contributed by atoms with van der Waals surface area (Å²) in [6.07, 6.45) is 11.3. The summed E-state index contributed by atoms with van der Waals surface area (Å²) in [7, 11) is 0. The van der Waals surface area contributed by atoms with E-state index in [-0.39, 0.29) is 23.0 Å². The normalized spacial score (nSPS) is 21.6. The van der Waals surface area contributed by atoms with Crippen LogP contribution in [-0.2, 0) is 0 Å². The molecule has 4 rings (SSSR count). The molecule has 1 fully saturated rings. The molecule has 31 heavy (non-hydrogen) atoms. The van der Waals surface area contributed by atoms with E-state index in [2.05, 4.69) is 34.2 Å². The molecule has 0 spiro atoms. The summed E-state index contributed by atoms with van der Waals surface area (Å²) in [6, 6.07) is 6.09. The third-order valence-electron chi connectivity index (χ3n) is 6.23. The molecule has 1 saturated carbocycles. The highest BCUT2D eigenvalue weighted by molar-refractivity contribution is 5.74. The maximum absolute atomic E-state index is 14.6. The van der Waals surface area contributed by atoms with Crippen LogP contribution in [-0.4, -0.2) is 31.6 Å². The number of benzene rings is 1. The van der Waals surface area contributed by atoms with Crippen LogP contribution in [0.3, 0.4) is 0 Å². The number of aromatic amines is 1. The fourth-order valence-corrected chi connectivity index (χ4v) is 4.69. The molecule has 164 valence electrons. The van der Waals surface area contributed by atoms with E-state index >= 15 is 0 Å². The fraction of sp³-hybridized carbons (Fsp3) is 0.458. The van der Waals surface area contributed by atoms with Gasteiger partial charge in [0.25, 0.3) is 0 Å². The molecular formula is C24H29FN4O2. The highest BCUT2D eigenvalue weighted by atomic mass is 19.1. The summed E-state index contributed by atoms with van der Waals surface area (Å²) >= 11 is 0. The van der Waals surface area contributed by atoms with E-state index in [1.54, 1.807) is 18.3 Å². The van der Waals surface area contributed by atoms with Gasteiger partial charge in [0.05, 0.1) is 11.9 Å². The van der Waals surface area contributed by atoms with Crippen molar-refractivity contribution in [1.29, 1.82) is 0 Å². The molecular weight excluding hydrogens is 395 g/mol. The van der Waals surface area contributed by atoms with Crippen molar-refractivity contribution in [2.45, 2.75) is 64.9 Å². The van der Waals surface area contributed by atoms with Gasteiger partial charge in [-0.05, 0) is 55.7 Å². The summed E-state index contributed by atoms with van der Waals surface area (Å²) in [4.78, 5) is 0. The van der Waals surface area contributed by atoms with E-state index in [1.807, 2.05) is 0 Å². The number of H-pyrrole nitrogens is 1. The first-order valence-electron chi connectivity index (χ1n) is 11.0. The highest BCUT2D eigenvalue weighted by Gasteiger charge is 2.31. The van der Waals surface area contributed by atoms with Crippen LogP contribution < -0.4 is 4.74 Å². The third-order valence-corrected chi connectivity index (χ3v) is 6.23. The first-order chi connectivity index (χ1) is 15.0. The van der Waals surface area contributed by atoms with Gasteiger partial charge >= 0.3 is 0 Å². The number of halogens is 1. The smallest absolute Gasteiger partial charge is 0.233 e. The van der Waals surface area contributed by atoms with Gasteiger partial charge in [0.2, 0.25) is 5.88 Å². The second-order valence-electron chi connectivity index (χ2n) is 8.84. The lowest BCUT2D eigenvalue weighted by molar-refractivity contribution is 0.118. The summed E-state index contributed by atoms with van der Waals surface area (Å²) in [5.74, 6) is -0.0749. The zero-order valence-electron chi connectivity index (χ0n) is 18.1. The Morgan fingerprint density at radius 3 is 2.81 bits per heavy atom. The maximum atomic E-state index is 14.6. The molecule has 2 atom stereocenters. The van der Waals surface area contributed by atoms with Gasteiger partial charge in [-0.25, -0.2) is 4.39 Å². The van der Waals surface area contributed by atoms with Gasteiger partial charge in [-0.3, -0.25) is 5.10 Å². The first-order valence-corrected chi connectivity index (χ1v) is 11.0. The van der Waals surface area contributed by atoms with Crippen molar-refractivity contribution in [3.8, 4) is 34.0 Å². The zero-order valence-corrected chi connectivity index (χ0v) is 18.1. The van der Waals surface area contributed by atoms with Crippen LogP contribution in [0.15, 0.2) is 36.7 Å². The van der Waals surface area contributed by atoms with Gasteiger partial charge in [-0.2, -0.15) is 5.10 Å². The minimum Gasteiger partial charge on any atom is -0.507 e. The maximum Gasteiger partial charge on any atom is 0.233 e. The van der Waals surface area contributed by atoms with Crippen LogP contribution in [0.4, 0.5) is 4.39 Å². The predicted octanol–water partition coefficient (Wildman–Crippen LogP) is 5.90. The summed E-state index contributed by atoms with van der Waals surface area (Å²) in [5, 5.41) is 25.3. The van der Waals surface area contributed by atoms with E-state index in [4.69, 9.17) is 4.74 Å². The SMILES string of the molecule is CCC[C@]1(C)CCCC[C@H](Oc2ccc(-c3cc(F)c(-c4cn[nH]c4)cc3O)nn2)C1. The number of rotatable bonds is 6. The Balaban J connectivity index is 1.50. The van der Waals surface area contributed by atoms with Crippen LogP contribution >= 0.6 is 0 Å². The van der Waals surface area contributed by atoms with E-state index in [0.29, 0.717) is 22.6 Å². The Labute approximate surface area is 181 Å².